The molecule has 104 valence electrons. The van der Waals surface area contributed by atoms with Gasteiger partial charge in [0.25, 0.3) is 0 Å². The lowest BCUT2D eigenvalue weighted by molar-refractivity contribution is -0.138. The van der Waals surface area contributed by atoms with Crippen LogP contribution < -0.4 is 9.47 Å². The fraction of sp³-hybridized carbons (Fsp3) is 0.500. The van der Waals surface area contributed by atoms with Crippen LogP contribution in [0.2, 0.25) is 5.02 Å². The summed E-state index contributed by atoms with van der Waals surface area (Å²) in [6.45, 7) is 6.56. The molecule has 0 aromatic heterocycles. The number of carboxylic acids is 1. The molecule has 1 aromatic rings. The molecule has 0 unspecified atom stereocenters. The molecule has 0 spiro atoms. The first-order valence-electron chi connectivity index (χ1n) is 6.14. The predicted octanol–water partition coefficient (Wildman–Crippen LogP) is 3.17. The number of carbonyl (C=O) groups is 1. The molecule has 0 fully saturated rings. The Morgan fingerprint density at radius 1 is 1.42 bits per heavy atom. The maximum Gasteiger partial charge on any atom is 0.304 e. The smallest absolute Gasteiger partial charge is 0.304 e. The van der Waals surface area contributed by atoms with Crippen molar-refractivity contribution >= 4 is 17.6 Å². The molecule has 0 saturated heterocycles. The lowest BCUT2D eigenvalue weighted by atomic mass is 9.78. The molecule has 4 nitrogen and oxygen atoms in total. The maximum atomic E-state index is 11.0. The molecule has 1 aliphatic rings. The summed E-state index contributed by atoms with van der Waals surface area (Å²) in [6.07, 6.45) is 0.00395. The van der Waals surface area contributed by atoms with E-state index >= 15 is 0 Å². The first-order valence-corrected chi connectivity index (χ1v) is 6.51. The topological polar surface area (TPSA) is 55.8 Å². The van der Waals surface area contributed by atoms with Gasteiger partial charge < -0.3 is 14.6 Å². The average Bonchev–Trinajstić information content (AvgIpc) is 2.28. The summed E-state index contributed by atoms with van der Waals surface area (Å²) in [7, 11) is 0. The van der Waals surface area contributed by atoms with E-state index in [1.54, 1.807) is 6.07 Å². The van der Waals surface area contributed by atoms with E-state index in [9.17, 15) is 4.79 Å². The Labute approximate surface area is 117 Å². The van der Waals surface area contributed by atoms with Crippen molar-refractivity contribution in [3.8, 4) is 11.5 Å². The van der Waals surface area contributed by atoms with Crippen LogP contribution in [0.1, 0.15) is 31.4 Å². The number of rotatable bonds is 3. The van der Waals surface area contributed by atoms with Crippen molar-refractivity contribution in [1.82, 2.24) is 0 Å². The molecular weight excluding hydrogens is 268 g/mol. The van der Waals surface area contributed by atoms with E-state index in [1.807, 2.05) is 20.8 Å². The van der Waals surface area contributed by atoms with Crippen LogP contribution in [0, 0.1) is 6.92 Å². The highest BCUT2D eigenvalue weighted by Gasteiger charge is 2.33. The zero-order valence-electron chi connectivity index (χ0n) is 11.2. The zero-order valence-corrected chi connectivity index (χ0v) is 12.0. The summed E-state index contributed by atoms with van der Waals surface area (Å²) in [5.41, 5.74) is 1.08. The Morgan fingerprint density at radius 3 is 2.68 bits per heavy atom. The van der Waals surface area contributed by atoms with Gasteiger partial charge in [-0.3, -0.25) is 4.79 Å². The minimum absolute atomic E-state index is 0.00395. The molecule has 2 rings (SSSR count). The van der Waals surface area contributed by atoms with E-state index in [2.05, 4.69) is 0 Å². The number of aliphatic carboxylic acids is 1. The second-order valence-corrected chi connectivity index (χ2v) is 5.74. The summed E-state index contributed by atoms with van der Waals surface area (Å²) < 4.78 is 11.2. The minimum Gasteiger partial charge on any atom is -0.486 e. The van der Waals surface area contributed by atoms with Crippen molar-refractivity contribution in [3.63, 3.8) is 0 Å². The third kappa shape index (κ3) is 2.63. The van der Waals surface area contributed by atoms with Crippen molar-refractivity contribution in [2.75, 3.05) is 13.2 Å². The lowest BCUT2D eigenvalue weighted by Gasteiger charge is -2.31. The normalized spacial score (nSPS) is 14.3. The second kappa shape index (κ2) is 4.93. The molecule has 1 heterocycles. The number of carboxylic acid groups (broad SMARTS) is 1. The standard InChI is InChI=1S/C14H17ClO4/c1-8-9(15)6-10-13(19-5-4-18-10)12(8)14(2,3)7-11(16)17/h6H,4-5,7H2,1-3H3,(H,16,17). The Kier molecular flexibility index (Phi) is 3.63. The molecule has 0 bridgehead atoms. The fourth-order valence-electron chi connectivity index (χ4n) is 2.53. The maximum absolute atomic E-state index is 11.0. The summed E-state index contributed by atoms with van der Waals surface area (Å²) in [6, 6.07) is 1.73. The molecule has 0 atom stereocenters. The zero-order chi connectivity index (χ0) is 14.2. The van der Waals surface area contributed by atoms with Crippen LogP contribution in [0.3, 0.4) is 0 Å². The van der Waals surface area contributed by atoms with Crippen LogP contribution in [0.4, 0.5) is 0 Å². The van der Waals surface area contributed by atoms with Crippen LogP contribution in [-0.2, 0) is 10.2 Å². The third-order valence-corrected chi connectivity index (χ3v) is 3.69. The lowest BCUT2D eigenvalue weighted by Crippen LogP contribution is -2.26. The summed E-state index contributed by atoms with van der Waals surface area (Å²) in [5, 5.41) is 9.64. The molecule has 19 heavy (non-hydrogen) atoms. The summed E-state index contributed by atoms with van der Waals surface area (Å²) in [5.74, 6) is 0.365. The highest BCUT2D eigenvalue weighted by atomic mass is 35.5. The van der Waals surface area contributed by atoms with Crippen molar-refractivity contribution in [2.24, 2.45) is 0 Å². The number of hydrogen-bond acceptors (Lipinski definition) is 3. The molecule has 1 aromatic carbocycles. The van der Waals surface area contributed by atoms with Crippen LogP contribution in [-0.4, -0.2) is 24.3 Å². The molecule has 0 saturated carbocycles. The van der Waals surface area contributed by atoms with Crippen molar-refractivity contribution < 1.29 is 19.4 Å². The highest BCUT2D eigenvalue weighted by Crippen LogP contribution is 2.46. The van der Waals surface area contributed by atoms with Crippen molar-refractivity contribution in [2.45, 2.75) is 32.6 Å². The highest BCUT2D eigenvalue weighted by molar-refractivity contribution is 6.31. The van der Waals surface area contributed by atoms with Crippen molar-refractivity contribution in [1.29, 1.82) is 0 Å². The van der Waals surface area contributed by atoms with Crippen LogP contribution in [0.5, 0.6) is 11.5 Å². The van der Waals surface area contributed by atoms with Gasteiger partial charge in [0.1, 0.15) is 13.2 Å². The van der Waals surface area contributed by atoms with E-state index in [0.717, 1.165) is 11.1 Å². The Bertz CT molecular complexity index is 523. The summed E-state index contributed by atoms with van der Waals surface area (Å²) in [4.78, 5) is 11.0. The van der Waals surface area contributed by atoms with Gasteiger partial charge in [-0.2, -0.15) is 0 Å². The van der Waals surface area contributed by atoms with Gasteiger partial charge in [-0.15, -0.1) is 0 Å². The average molecular weight is 285 g/mol. The van der Waals surface area contributed by atoms with Gasteiger partial charge >= 0.3 is 5.97 Å². The van der Waals surface area contributed by atoms with Gasteiger partial charge in [0, 0.05) is 22.1 Å². The van der Waals surface area contributed by atoms with E-state index in [-0.39, 0.29) is 6.42 Å². The van der Waals surface area contributed by atoms with Crippen LogP contribution in [0.15, 0.2) is 6.07 Å². The van der Waals surface area contributed by atoms with Gasteiger partial charge in [-0.1, -0.05) is 25.4 Å². The largest absolute Gasteiger partial charge is 0.486 e. The van der Waals surface area contributed by atoms with E-state index in [4.69, 9.17) is 26.2 Å². The van der Waals surface area contributed by atoms with E-state index < -0.39 is 11.4 Å². The molecular formula is C14H17ClO4. The number of fused-ring (bicyclic) bond motifs is 1. The first-order chi connectivity index (χ1) is 8.83. The van der Waals surface area contributed by atoms with Crippen LogP contribution >= 0.6 is 11.6 Å². The Hall–Kier alpha value is -1.42. The monoisotopic (exact) mass is 284 g/mol. The predicted molar refractivity (Wildman–Crippen MR) is 72.5 cm³/mol. The Morgan fingerprint density at radius 2 is 2.05 bits per heavy atom. The molecule has 0 aliphatic carbocycles. The van der Waals surface area contributed by atoms with Gasteiger partial charge in [-0.25, -0.2) is 0 Å². The third-order valence-electron chi connectivity index (χ3n) is 3.30. The molecule has 5 heteroatoms. The minimum atomic E-state index is -0.852. The summed E-state index contributed by atoms with van der Waals surface area (Å²) >= 11 is 6.21. The first kappa shape index (κ1) is 14.0. The molecule has 0 amide bonds. The van der Waals surface area contributed by atoms with Crippen LogP contribution in [0.25, 0.3) is 0 Å². The number of benzene rings is 1. The SMILES string of the molecule is Cc1c(Cl)cc2c(c1C(C)(C)CC(=O)O)OCCO2. The van der Waals surface area contributed by atoms with Gasteiger partial charge in [-0.05, 0) is 12.5 Å². The van der Waals surface area contributed by atoms with E-state index in [0.29, 0.717) is 29.7 Å². The molecule has 0 radical (unpaired) electrons. The van der Waals surface area contributed by atoms with Gasteiger partial charge in [0.2, 0.25) is 0 Å². The molecule has 1 N–H and O–H groups in total. The quantitative estimate of drug-likeness (QED) is 0.926. The number of ether oxygens (including phenoxy) is 2. The molecule has 1 aliphatic heterocycles. The van der Waals surface area contributed by atoms with Gasteiger partial charge in [0.15, 0.2) is 11.5 Å². The van der Waals surface area contributed by atoms with Gasteiger partial charge in [0.05, 0.1) is 6.42 Å². The number of hydrogen-bond donors (Lipinski definition) is 1. The second-order valence-electron chi connectivity index (χ2n) is 5.34. The van der Waals surface area contributed by atoms with Crippen molar-refractivity contribution in [3.05, 3.63) is 22.2 Å². The fourth-order valence-corrected chi connectivity index (χ4v) is 2.72. The number of halogens is 1. The van der Waals surface area contributed by atoms with E-state index in [1.165, 1.54) is 0 Å². The Balaban J connectivity index is 2.60.